The van der Waals surface area contributed by atoms with Crippen molar-refractivity contribution in [2.24, 2.45) is 0 Å². The second kappa shape index (κ2) is 12.6. The zero-order valence-electron chi connectivity index (χ0n) is 29.8. The van der Waals surface area contributed by atoms with Gasteiger partial charge in [-0.3, -0.25) is 0 Å². The topological polar surface area (TPSA) is 43.3 Å². The van der Waals surface area contributed by atoms with Gasteiger partial charge in [-0.05, 0) is 48.2 Å². The first kappa shape index (κ1) is 37.0. The SMILES string of the molecule is CC.CC.CC1N(C)c2cc(NCC(F)(F)F)c(C3C4[OH+]C3C4c3cc4c(cc3NCC(F)(F)F)N(C)C(C)C4(C)C)cc2C1(C)C. The maximum Gasteiger partial charge on any atom is 0.405 e. The van der Waals surface area contributed by atoms with Crippen LogP contribution in [0.4, 0.5) is 49.1 Å². The maximum absolute atomic E-state index is 13.3. The van der Waals surface area contributed by atoms with Crippen molar-refractivity contribution in [2.45, 2.75) is 129 Å². The van der Waals surface area contributed by atoms with Gasteiger partial charge < -0.3 is 25.2 Å². The smallest absolute Gasteiger partial charge is 0.405 e. The average molecular weight is 672 g/mol. The first-order chi connectivity index (χ1) is 21.7. The lowest BCUT2D eigenvalue weighted by atomic mass is 9.56. The number of alkyl halides is 6. The fraction of sp³-hybridized carbons (Fsp3) is 0.667. The summed E-state index contributed by atoms with van der Waals surface area (Å²) in [5, 5.41) is 5.31. The molecule has 5 nitrogen and oxygen atoms in total. The van der Waals surface area contributed by atoms with Crippen LogP contribution in [0.15, 0.2) is 24.3 Å². The number of anilines is 4. The Labute approximate surface area is 276 Å². The van der Waals surface area contributed by atoms with Crippen LogP contribution in [0.1, 0.15) is 103 Å². The minimum Gasteiger partial charge on any atom is -0.426 e. The van der Waals surface area contributed by atoms with Crippen molar-refractivity contribution < 1.29 is 31.1 Å². The molecule has 3 N–H and O–H groups in total. The third-order valence-electron chi connectivity index (χ3n) is 11.2. The number of aliphatic hydroxyl groups is 2. The fourth-order valence-corrected chi connectivity index (χ4v) is 7.72. The molecular weight excluding hydrogens is 618 g/mol. The van der Waals surface area contributed by atoms with Crippen LogP contribution < -0.4 is 20.4 Å². The van der Waals surface area contributed by atoms with Gasteiger partial charge >= 0.3 is 12.4 Å². The largest absolute Gasteiger partial charge is 0.426 e. The Morgan fingerprint density at radius 1 is 0.638 bits per heavy atom. The lowest BCUT2D eigenvalue weighted by Gasteiger charge is -2.58. The van der Waals surface area contributed by atoms with Gasteiger partial charge in [0, 0.05) is 59.8 Å². The molecule has 4 aliphatic heterocycles. The highest BCUT2D eigenvalue weighted by molar-refractivity contribution is 5.76. The number of benzene rings is 2. The Bertz CT molecular complexity index is 1340. The summed E-state index contributed by atoms with van der Waals surface area (Å²) in [5.74, 6) is -0.220. The summed E-state index contributed by atoms with van der Waals surface area (Å²) >= 11 is 0. The van der Waals surface area contributed by atoms with Gasteiger partial charge in [-0.15, -0.1) is 0 Å². The predicted molar refractivity (Wildman–Crippen MR) is 182 cm³/mol. The summed E-state index contributed by atoms with van der Waals surface area (Å²) in [7, 11) is 3.92. The molecule has 264 valence electrons. The van der Waals surface area contributed by atoms with Gasteiger partial charge in [0.2, 0.25) is 0 Å². The van der Waals surface area contributed by atoms with E-state index in [0.29, 0.717) is 11.4 Å². The number of nitrogens with one attached hydrogen (secondary N) is 2. The zero-order valence-corrected chi connectivity index (χ0v) is 29.8. The summed E-state index contributed by atoms with van der Waals surface area (Å²) in [6.45, 7) is 18.5. The molecular formula is C36H53F6N4O+. The van der Waals surface area contributed by atoms with Crippen LogP contribution in [0.3, 0.4) is 0 Å². The third-order valence-corrected chi connectivity index (χ3v) is 11.2. The number of ether oxygens (including phenoxy) is 1. The van der Waals surface area contributed by atoms with Crippen LogP contribution >= 0.6 is 0 Å². The van der Waals surface area contributed by atoms with Gasteiger partial charge in [0.05, 0.1) is 0 Å². The fourth-order valence-electron chi connectivity index (χ4n) is 7.72. The van der Waals surface area contributed by atoms with Crippen molar-refractivity contribution in [2.75, 3.05) is 47.6 Å². The van der Waals surface area contributed by atoms with E-state index in [1.54, 1.807) is 0 Å². The predicted octanol–water partition coefficient (Wildman–Crippen LogP) is 9.08. The molecule has 1 aliphatic carbocycles. The Kier molecular flexibility index (Phi) is 9.90. The minimum atomic E-state index is -4.38. The minimum absolute atomic E-state index is 0.110. The van der Waals surface area contributed by atoms with E-state index in [9.17, 15) is 26.3 Å². The Hall–Kier alpha value is -2.82. The van der Waals surface area contributed by atoms with Crippen molar-refractivity contribution >= 4 is 22.7 Å². The number of halogens is 6. The van der Waals surface area contributed by atoms with Crippen LogP contribution in [0.5, 0.6) is 0 Å². The van der Waals surface area contributed by atoms with E-state index >= 15 is 0 Å². The monoisotopic (exact) mass is 671 g/mol. The summed E-state index contributed by atoms with van der Waals surface area (Å²) in [6, 6.07) is 8.07. The van der Waals surface area contributed by atoms with Crippen molar-refractivity contribution in [3.8, 4) is 0 Å². The first-order valence-electron chi connectivity index (χ1n) is 16.9. The molecule has 2 aromatic rings. The summed E-state index contributed by atoms with van der Waals surface area (Å²) < 4.78 is 84.7. The summed E-state index contributed by atoms with van der Waals surface area (Å²) in [4.78, 5) is 4.21. The third kappa shape index (κ3) is 6.14. The van der Waals surface area contributed by atoms with Crippen LogP contribution in [0, 0.1) is 0 Å². The summed E-state index contributed by atoms with van der Waals surface area (Å²) in [6.07, 6.45) is -9.22. The van der Waals surface area contributed by atoms with E-state index in [-0.39, 0.29) is 47.0 Å². The molecule has 4 heterocycles. The molecule has 0 aromatic heterocycles. The van der Waals surface area contributed by atoms with E-state index in [2.05, 4.69) is 74.1 Å². The maximum atomic E-state index is 13.3. The van der Waals surface area contributed by atoms with E-state index in [1.807, 2.05) is 53.9 Å². The first-order valence-corrected chi connectivity index (χ1v) is 16.9. The molecule has 5 aliphatic rings. The normalized spacial score (nSPS) is 27.7. The highest BCUT2D eigenvalue weighted by Gasteiger charge is 2.73. The zero-order chi connectivity index (χ0) is 35.6. The summed E-state index contributed by atoms with van der Waals surface area (Å²) in [5.41, 5.74) is 6.06. The molecule has 47 heavy (non-hydrogen) atoms. The van der Waals surface area contributed by atoms with Gasteiger partial charge in [0.1, 0.15) is 24.9 Å². The van der Waals surface area contributed by atoms with Crippen LogP contribution in [-0.4, -0.2) is 68.6 Å². The van der Waals surface area contributed by atoms with E-state index in [1.165, 1.54) is 0 Å². The Morgan fingerprint density at radius 3 is 1.23 bits per heavy atom. The van der Waals surface area contributed by atoms with Crippen molar-refractivity contribution in [1.82, 2.24) is 0 Å². The van der Waals surface area contributed by atoms with Crippen molar-refractivity contribution in [1.29, 1.82) is 0 Å². The number of nitrogens with zero attached hydrogens (tertiary/aromatic N) is 2. The van der Waals surface area contributed by atoms with E-state index < -0.39 is 25.4 Å². The quantitative estimate of drug-likeness (QED) is 0.238. The van der Waals surface area contributed by atoms with Crippen LogP contribution in [0.25, 0.3) is 0 Å². The molecule has 2 saturated heterocycles. The van der Waals surface area contributed by atoms with E-state index in [0.717, 1.165) is 33.6 Å². The Morgan fingerprint density at radius 2 is 0.957 bits per heavy atom. The van der Waals surface area contributed by atoms with E-state index in [4.69, 9.17) is 4.74 Å². The molecule has 2 bridgehead atoms. The number of hydrogen-bond acceptors (Lipinski definition) is 4. The molecule has 1 saturated carbocycles. The molecule has 2 unspecified atom stereocenters. The van der Waals surface area contributed by atoms with Crippen LogP contribution in [-0.2, 0) is 10.8 Å². The molecule has 0 spiro atoms. The van der Waals surface area contributed by atoms with Gasteiger partial charge in [0.15, 0.2) is 12.2 Å². The average Bonchev–Trinajstić information content (AvgIpc) is 3.23. The molecule has 2 aromatic carbocycles. The number of rotatable bonds is 6. The Balaban J connectivity index is 0.00000120. The van der Waals surface area contributed by atoms with Crippen molar-refractivity contribution in [3.05, 3.63) is 46.5 Å². The molecule has 2 atom stereocenters. The molecule has 3 fully saturated rings. The second-order valence-corrected chi connectivity index (χ2v) is 14.0. The lowest BCUT2D eigenvalue weighted by Crippen LogP contribution is -2.71. The van der Waals surface area contributed by atoms with Gasteiger partial charge in [-0.1, -0.05) is 67.5 Å². The molecule has 0 radical (unpaired) electrons. The lowest BCUT2D eigenvalue weighted by molar-refractivity contribution is -0.393. The highest BCUT2D eigenvalue weighted by Crippen LogP contribution is 2.64. The molecule has 7 rings (SSSR count). The number of fused-ring (bicyclic) bond motifs is 2. The standard InChI is InChI=1S/C32H40F6N4O.2C2H6/c1-15-29(3,4)19-9-17(21(11-23(19)41(15)7)39-13-31(33,34)35)25-27-26(28(25)43-27)18-10-20-24(42(8)16(2)30(20,5)6)12-22(18)40-14-32(36,37)38;2*1-2/h9-12,15-16,25-28,39-40H,13-14H2,1-8H3;2*1-2H3/p+1. The van der Waals surface area contributed by atoms with Gasteiger partial charge in [0.25, 0.3) is 0 Å². The van der Waals surface area contributed by atoms with Gasteiger partial charge in [-0.25, -0.2) is 0 Å². The van der Waals surface area contributed by atoms with Gasteiger partial charge in [-0.2, -0.15) is 26.3 Å². The van der Waals surface area contributed by atoms with Crippen molar-refractivity contribution in [3.63, 3.8) is 0 Å². The molecule has 0 amide bonds. The number of likely N-dealkylation sites (N-methyl/N-ethyl adjacent to an activating group) is 2. The molecule has 11 heteroatoms. The number of hydrogen-bond donors (Lipinski definition) is 2. The van der Waals surface area contributed by atoms with Crippen LogP contribution in [0.2, 0.25) is 0 Å². The highest BCUT2D eigenvalue weighted by atomic mass is 19.4. The second-order valence-electron chi connectivity index (χ2n) is 14.0.